The third-order valence-electron chi connectivity index (χ3n) is 4.20. The van der Waals surface area contributed by atoms with Gasteiger partial charge in [0, 0.05) is 10.6 Å². The van der Waals surface area contributed by atoms with Gasteiger partial charge in [-0.3, -0.25) is 0 Å². The minimum Gasteiger partial charge on any atom is -0.338 e. The van der Waals surface area contributed by atoms with Gasteiger partial charge >= 0.3 is 0 Å². The van der Waals surface area contributed by atoms with Crippen molar-refractivity contribution in [3.8, 4) is 11.4 Å². The largest absolute Gasteiger partial charge is 0.338 e. The Morgan fingerprint density at radius 2 is 1.86 bits per heavy atom. The van der Waals surface area contributed by atoms with Gasteiger partial charge in [-0.2, -0.15) is 4.98 Å². The smallest absolute Gasteiger partial charge is 0.233 e. The van der Waals surface area contributed by atoms with Crippen molar-refractivity contribution in [2.24, 2.45) is 0 Å². The Hall–Kier alpha value is -2.13. The van der Waals surface area contributed by atoms with Gasteiger partial charge in [0.05, 0.1) is 5.41 Å². The van der Waals surface area contributed by atoms with Gasteiger partial charge in [0.25, 0.3) is 0 Å². The summed E-state index contributed by atoms with van der Waals surface area (Å²) in [5.74, 6) is 1.40. The minimum absolute atomic E-state index is 0.00921. The van der Waals surface area contributed by atoms with Crippen LogP contribution in [0.3, 0.4) is 0 Å². The summed E-state index contributed by atoms with van der Waals surface area (Å²) in [6.45, 7) is 0. The van der Waals surface area contributed by atoms with E-state index in [2.05, 4.69) is 16.2 Å². The van der Waals surface area contributed by atoms with Crippen LogP contribution >= 0.6 is 11.6 Å². The topological polar surface area (TPSA) is 38.9 Å². The molecule has 0 bridgehead atoms. The molecule has 4 heteroatoms. The number of hydrogen-bond acceptors (Lipinski definition) is 3. The number of aromatic nitrogens is 2. The van der Waals surface area contributed by atoms with Gasteiger partial charge in [0.1, 0.15) is 0 Å². The zero-order chi connectivity index (χ0) is 15.0. The molecule has 0 spiro atoms. The highest BCUT2D eigenvalue weighted by molar-refractivity contribution is 6.30. The number of rotatable bonds is 4. The molecule has 0 saturated heterocycles. The van der Waals surface area contributed by atoms with Crippen LogP contribution in [0.15, 0.2) is 59.1 Å². The van der Waals surface area contributed by atoms with Crippen LogP contribution in [0.25, 0.3) is 11.4 Å². The third-order valence-corrected chi connectivity index (χ3v) is 4.43. The van der Waals surface area contributed by atoms with Crippen LogP contribution < -0.4 is 0 Å². The second-order valence-electron chi connectivity index (χ2n) is 5.88. The summed E-state index contributed by atoms with van der Waals surface area (Å²) < 4.78 is 5.55. The van der Waals surface area contributed by atoms with Crippen LogP contribution in [0.1, 0.15) is 24.3 Å². The van der Waals surface area contributed by atoms with Gasteiger partial charge in [-0.1, -0.05) is 59.2 Å². The minimum atomic E-state index is -0.00921. The van der Waals surface area contributed by atoms with Crippen LogP contribution in [0.4, 0.5) is 0 Å². The molecule has 22 heavy (non-hydrogen) atoms. The van der Waals surface area contributed by atoms with E-state index in [4.69, 9.17) is 16.1 Å². The standard InChI is InChI=1S/C18H15ClN2O/c19-15-8-4-5-13(11-15)12-18(9-10-18)17-20-16(21-22-17)14-6-2-1-3-7-14/h1-8,11H,9-10,12H2. The lowest BCUT2D eigenvalue weighted by atomic mass is 9.96. The van der Waals surface area contributed by atoms with Gasteiger partial charge in [0.2, 0.25) is 11.7 Å². The van der Waals surface area contributed by atoms with Crippen LogP contribution in [-0.4, -0.2) is 10.1 Å². The van der Waals surface area contributed by atoms with Crippen molar-refractivity contribution in [2.45, 2.75) is 24.7 Å². The van der Waals surface area contributed by atoms with Crippen molar-refractivity contribution in [3.05, 3.63) is 71.1 Å². The molecule has 0 N–H and O–H groups in total. The van der Waals surface area contributed by atoms with Gasteiger partial charge in [0.15, 0.2) is 0 Å². The maximum absolute atomic E-state index is 6.07. The quantitative estimate of drug-likeness (QED) is 0.703. The lowest BCUT2D eigenvalue weighted by Crippen LogP contribution is -2.11. The Morgan fingerprint density at radius 3 is 2.59 bits per heavy atom. The SMILES string of the molecule is Clc1cccc(CC2(c3nc(-c4ccccc4)no3)CC2)c1. The van der Waals surface area contributed by atoms with E-state index in [0.717, 1.165) is 35.7 Å². The van der Waals surface area contributed by atoms with E-state index in [-0.39, 0.29) is 5.41 Å². The van der Waals surface area contributed by atoms with Crippen molar-refractivity contribution in [1.82, 2.24) is 10.1 Å². The van der Waals surface area contributed by atoms with Crippen molar-refractivity contribution in [1.29, 1.82) is 0 Å². The first-order valence-corrected chi connectivity index (χ1v) is 7.77. The third kappa shape index (κ3) is 2.53. The first-order chi connectivity index (χ1) is 10.8. The number of nitrogens with zero attached hydrogens (tertiary/aromatic N) is 2. The fraction of sp³-hybridized carbons (Fsp3) is 0.222. The maximum Gasteiger partial charge on any atom is 0.233 e. The van der Waals surface area contributed by atoms with E-state index in [1.54, 1.807) is 0 Å². The molecular formula is C18H15ClN2O. The molecule has 1 saturated carbocycles. The Kier molecular flexibility index (Phi) is 3.23. The number of halogens is 1. The molecule has 0 aliphatic heterocycles. The first kappa shape index (κ1) is 13.5. The van der Waals surface area contributed by atoms with Crippen LogP contribution in [0, 0.1) is 0 Å². The van der Waals surface area contributed by atoms with Gasteiger partial charge < -0.3 is 4.52 Å². The van der Waals surface area contributed by atoms with Crippen molar-refractivity contribution in [2.75, 3.05) is 0 Å². The summed E-state index contributed by atoms with van der Waals surface area (Å²) in [5.41, 5.74) is 2.19. The second kappa shape index (κ2) is 5.25. The molecule has 0 radical (unpaired) electrons. The van der Waals surface area contributed by atoms with Gasteiger partial charge in [-0.05, 0) is 37.0 Å². The number of benzene rings is 2. The molecule has 1 fully saturated rings. The van der Waals surface area contributed by atoms with Crippen molar-refractivity contribution >= 4 is 11.6 Å². The monoisotopic (exact) mass is 310 g/mol. The average Bonchev–Trinajstić information content (AvgIpc) is 3.13. The first-order valence-electron chi connectivity index (χ1n) is 7.39. The van der Waals surface area contributed by atoms with Crippen molar-refractivity contribution in [3.63, 3.8) is 0 Å². The molecule has 0 amide bonds. The summed E-state index contributed by atoms with van der Waals surface area (Å²) in [7, 11) is 0. The zero-order valence-corrected chi connectivity index (χ0v) is 12.8. The summed E-state index contributed by atoms with van der Waals surface area (Å²) in [4.78, 5) is 4.62. The fourth-order valence-corrected chi connectivity index (χ4v) is 3.01. The van der Waals surface area contributed by atoms with Crippen LogP contribution in [0.2, 0.25) is 5.02 Å². The molecule has 1 aliphatic carbocycles. The number of hydrogen-bond donors (Lipinski definition) is 0. The maximum atomic E-state index is 6.07. The molecule has 0 unspecified atom stereocenters. The van der Waals surface area contributed by atoms with Gasteiger partial charge in [-0.25, -0.2) is 0 Å². The highest BCUT2D eigenvalue weighted by atomic mass is 35.5. The lowest BCUT2D eigenvalue weighted by Gasteiger charge is -2.10. The van der Waals surface area contributed by atoms with Gasteiger partial charge in [-0.15, -0.1) is 0 Å². The Bertz CT molecular complexity index is 794. The van der Waals surface area contributed by atoms with Crippen LogP contribution in [-0.2, 0) is 11.8 Å². The van der Waals surface area contributed by atoms with E-state index in [9.17, 15) is 0 Å². The van der Waals surface area contributed by atoms with E-state index in [1.165, 1.54) is 5.56 Å². The van der Waals surface area contributed by atoms with Crippen molar-refractivity contribution < 1.29 is 4.52 Å². The van der Waals surface area contributed by atoms with Crippen LogP contribution in [0.5, 0.6) is 0 Å². The summed E-state index contributed by atoms with van der Waals surface area (Å²) in [6, 6.07) is 17.9. The molecule has 1 aliphatic rings. The lowest BCUT2D eigenvalue weighted by molar-refractivity contribution is 0.344. The fourth-order valence-electron chi connectivity index (χ4n) is 2.80. The Labute approximate surface area is 133 Å². The summed E-state index contributed by atoms with van der Waals surface area (Å²) in [6.07, 6.45) is 3.05. The molecule has 1 heterocycles. The molecule has 3 aromatic rings. The molecular weight excluding hydrogens is 296 g/mol. The normalized spacial score (nSPS) is 15.7. The molecule has 3 nitrogen and oxygen atoms in total. The van der Waals surface area contributed by atoms with E-state index >= 15 is 0 Å². The van der Waals surface area contributed by atoms with E-state index < -0.39 is 0 Å². The highest BCUT2D eigenvalue weighted by Gasteiger charge is 2.49. The molecule has 0 atom stereocenters. The van der Waals surface area contributed by atoms with E-state index in [1.807, 2.05) is 48.5 Å². The molecule has 4 rings (SSSR count). The summed E-state index contributed by atoms with van der Waals surface area (Å²) in [5, 5.41) is 4.91. The Balaban J connectivity index is 1.61. The zero-order valence-electron chi connectivity index (χ0n) is 12.0. The average molecular weight is 311 g/mol. The summed E-state index contributed by atoms with van der Waals surface area (Å²) >= 11 is 6.07. The predicted octanol–water partition coefficient (Wildman–Crippen LogP) is 4.66. The second-order valence-corrected chi connectivity index (χ2v) is 6.31. The van der Waals surface area contributed by atoms with E-state index in [0.29, 0.717) is 5.82 Å². The molecule has 2 aromatic carbocycles. The molecule has 1 aromatic heterocycles. The predicted molar refractivity (Wildman–Crippen MR) is 85.8 cm³/mol. The molecule has 110 valence electrons. The highest BCUT2D eigenvalue weighted by Crippen LogP contribution is 2.50. The Morgan fingerprint density at radius 1 is 1.05 bits per heavy atom.